The van der Waals surface area contributed by atoms with E-state index in [4.69, 9.17) is 16.0 Å². The van der Waals surface area contributed by atoms with E-state index in [-0.39, 0.29) is 27.7 Å². The molecule has 1 unspecified atom stereocenters. The zero-order chi connectivity index (χ0) is 24.5. The quantitative estimate of drug-likeness (QED) is 0.248. The number of rotatable bonds is 5. The molecule has 6 nitrogen and oxygen atoms in total. The maximum atomic E-state index is 13.9. The van der Waals surface area contributed by atoms with Gasteiger partial charge < -0.3 is 14.8 Å². The predicted molar refractivity (Wildman–Crippen MR) is 134 cm³/mol. The topological polar surface area (TPSA) is 96.6 Å². The molecule has 0 aliphatic rings. The first-order valence-corrected chi connectivity index (χ1v) is 11.1. The Hall–Kier alpha value is -4.42. The average Bonchev–Trinajstić information content (AvgIpc) is 2.87. The van der Waals surface area contributed by atoms with Crippen molar-refractivity contribution in [3.8, 4) is 5.75 Å². The second kappa shape index (κ2) is 9.08. The van der Waals surface area contributed by atoms with Gasteiger partial charge in [0.15, 0.2) is 5.78 Å². The van der Waals surface area contributed by atoms with Crippen LogP contribution < -0.4 is 10.9 Å². The van der Waals surface area contributed by atoms with Gasteiger partial charge in [0.05, 0.1) is 5.39 Å². The molecule has 1 aromatic heterocycles. The van der Waals surface area contributed by atoms with Crippen LogP contribution >= 0.6 is 11.6 Å². The van der Waals surface area contributed by atoms with Gasteiger partial charge in [0.25, 0.3) is 5.91 Å². The second-order valence-corrected chi connectivity index (χ2v) is 8.39. The van der Waals surface area contributed by atoms with Gasteiger partial charge in [-0.25, -0.2) is 4.79 Å². The maximum Gasteiger partial charge on any atom is 0.345 e. The van der Waals surface area contributed by atoms with Crippen LogP contribution in [0.5, 0.6) is 5.75 Å². The Labute approximate surface area is 204 Å². The zero-order valence-electron chi connectivity index (χ0n) is 18.2. The lowest BCUT2D eigenvalue weighted by molar-refractivity contribution is 0.0855. The zero-order valence-corrected chi connectivity index (χ0v) is 19.0. The summed E-state index contributed by atoms with van der Waals surface area (Å²) in [5, 5.41) is 15.8. The summed E-state index contributed by atoms with van der Waals surface area (Å²) in [6, 6.07) is 23.5. The van der Waals surface area contributed by atoms with Crippen LogP contribution in [0.2, 0.25) is 5.02 Å². The third-order valence-corrected chi connectivity index (χ3v) is 6.06. The summed E-state index contributed by atoms with van der Waals surface area (Å²) in [6.07, 6.45) is 0. The van der Waals surface area contributed by atoms with Gasteiger partial charge in [0.1, 0.15) is 22.9 Å². The largest absolute Gasteiger partial charge is 0.507 e. The summed E-state index contributed by atoms with van der Waals surface area (Å²) in [4.78, 5) is 40.0. The second-order valence-electron chi connectivity index (χ2n) is 7.95. The molecular formula is C28H18ClNO5. The minimum atomic E-state index is -1.51. The van der Waals surface area contributed by atoms with E-state index in [0.717, 1.165) is 5.39 Å². The number of Topliss-reactive ketones (excluding diaryl/α,β-unsaturated/α-hetero) is 1. The highest BCUT2D eigenvalue weighted by atomic mass is 35.5. The Morgan fingerprint density at radius 1 is 0.829 bits per heavy atom. The molecule has 0 radical (unpaired) electrons. The van der Waals surface area contributed by atoms with Gasteiger partial charge >= 0.3 is 5.63 Å². The van der Waals surface area contributed by atoms with Crippen molar-refractivity contribution in [1.82, 2.24) is 5.32 Å². The Kier molecular flexibility index (Phi) is 5.81. The summed E-state index contributed by atoms with van der Waals surface area (Å²) in [6.45, 7) is 0. The summed E-state index contributed by atoms with van der Waals surface area (Å²) < 4.78 is 5.39. The standard InChI is InChI=1S/C28H18ClNO5/c29-18-14-12-17(13-15-18)27(33)30-24(23-25(31)21-9-3-4-11-22(21)35-28(23)34)26(32)20-10-5-7-16-6-1-2-8-19(16)20/h1-15,24,31H,(H,30,33). The highest BCUT2D eigenvalue weighted by Crippen LogP contribution is 2.33. The van der Waals surface area contributed by atoms with Crippen molar-refractivity contribution in [2.75, 3.05) is 0 Å². The molecule has 0 bridgehead atoms. The Bertz CT molecular complexity index is 1650. The van der Waals surface area contributed by atoms with Crippen molar-refractivity contribution in [3.63, 3.8) is 0 Å². The molecule has 4 aromatic carbocycles. The fourth-order valence-corrected chi connectivity index (χ4v) is 4.21. The van der Waals surface area contributed by atoms with Crippen LogP contribution in [-0.2, 0) is 0 Å². The van der Waals surface area contributed by atoms with E-state index in [9.17, 15) is 19.5 Å². The van der Waals surface area contributed by atoms with E-state index in [0.29, 0.717) is 10.4 Å². The van der Waals surface area contributed by atoms with Gasteiger partial charge in [-0.15, -0.1) is 0 Å². The number of nitrogens with one attached hydrogen (secondary N) is 1. The van der Waals surface area contributed by atoms with Gasteiger partial charge in [0.2, 0.25) is 0 Å². The summed E-state index contributed by atoms with van der Waals surface area (Å²) in [5.74, 6) is -1.61. The molecule has 7 heteroatoms. The lowest BCUT2D eigenvalue weighted by Crippen LogP contribution is -2.36. The van der Waals surface area contributed by atoms with Crippen molar-refractivity contribution >= 4 is 45.0 Å². The molecule has 0 spiro atoms. The van der Waals surface area contributed by atoms with Gasteiger partial charge in [-0.1, -0.05) is 66.2 Å². The van der Waals surface area contributed by atoms with Gasteiger partial charge in [-0.2, -0.15) is 0 Å². The maximum absolute atomic E-state index is 13.9. The number of ketones is 1. The number of aromatic hydroxyl groups is 1. The molecule has 0 saturated carbocycles. The van der Waals surface area contributed by atoms with Crippen LogP contribution in [0.3, 0.4) is 0 Å². The smallest absolute Gasteiger partial charge is 0.345 e. The molecule has 1 atom stereocenters. The fourth-order valence-electron chi connectivity index (χ4n) is 4.08. The number of fused-ring (bicyclic) bond motifs is 2. The van der Waals surface area contributed by atoms with Crippen molar-refractivity contribution in [2.45, 2.75) is 6.04 Å². The monoisotopic (exact) mass is 483 g/mol. The highest BCUT2D eigenvalue weighted by molar-refractivity contribution is 6.30. The minimum Gasteiger partial charge on any atom is -0.507 e. The summed E-state index contributed by atoms with van der Waals surface area (Å²) in [5.41, 5.74) is -0.578. The van der Waals surface area contributed by atoms with E-state index < -0.39 is 29.1 Å². The molecular weight excluding hydrogens is 466 g/mol. The van der Waals surface area contributed by atoms with Crippen molar-refractivity contribution in [1.29, 1.82) is 0 Å². The van der Waals surface area contributed by atoms with Gasteiger partial charge in [-0.3, -0.25) is 9.59 Å². The van der Waals surface area contributed by atoms with Crippen molar-refractivity contribution in [3.05, 3.63) is 123 Å². The normalized spacial score (nSPS) is 11.9. The molecule has 0 saturated heterocycles. The first-order chi connectivity index (χ1) is 16.9. The predicted octanol–water partition coefficient (Wildman–Crippen LogP) is 5.66. The van der Waals surface area contributed by atoms with Crippen LogP contribution in [0.1, 0.15) is 32.3 Å². The third kappa shape index (κ3) is 4.16. The molecule has 5 rings (SSSR count). The Morgan fingerprint density at radius 3 is 2.26 bits per heavy atom. The molecule has 0 fully saturated rings. The Balaban J connectivity index is 1.68. The van der Waals surface area contributed by atoms with E-state index in [1.54, 1.807) is 54.6 Å². The lowest BCUT2D eigenvalue weighted by Gasteiger charge is -2.20. The first-order valence-electron chi connectivity index (χ1n) is 10.8. The molecule has 0 aliphatic carbocycles. The SMILES string of the molecule is O=C(NC(C(=O)c1cccc2ccccc12)c1c(O)c2ccccc2oc1=O)c1ccc(Cl)cc1. The summed E-state index contributed by atoms with van der Waals surface area (Å²) in [7, 11) is 0. The van der Waals surface area contributed by atoms with Crippen LogP contribution in [0.25, 0.3) is 21.7 Å². The highest BCUT2D eigenvalue weighted by Gasteiger charge is 2.32. The molecule has 1 amide bonds. The van der Waals surface area contributed by atoms with Crippen LogP contribution in [0, 0.1) is 0 Å². The van der Waals surface area contributed by atoms with Crippen molar-refractivity contribution in [2.24, 2.45) is 0 Å². The summed E-state index contributed by atoms with van der Waals surface area (Å²) >= 11 is 5.93. The minimum absolute atomic E-state index is 0.166. The van der Waals surface area contributed by atoms with E-state index in [1.807, 2.05) is 18.2 Å². The molecule has 0 aliphatic heterocycles. The number of amides is 1. The number of carbonyl (C=O) groups excluding carboxylic acids is 2. The van der Waals surface area contributed by atoms with Gasteiger partial charge in [-0.05, 0) is 47.2 Å². The number of para-hydroxylation sites is 1. The molecule has 1 heterocycles. The first kappa shape index (κ1) is 22.4. The average molecular weight is 484 g/mol. The van der Waals surface area contributed by atoms with E-state index in [2.05, 4.69) is 5.32 Å². The number of halogens is 1. The van der Waals surface area contributed by atoms with E-state index >= 15 is 0 Å². The molecule has 35 heavy (non-hydrogen) atoms. The van der Waals surface area contributed by atoms with Crippen LogP contribution in [0.4, 0.5) is 0 Å². The number of hydrogen-bond acceptors (Lipinski definition) is 5. The molecule has 5 aromatic rings. The van der Waals surface area contributed by atoms with Crippen LogP contribution in [-0.4, -0.2) is 16.8 Å². The number of hydrogen-bond donors (Lipinski definition) is 2. The fraction of sp³-hybridized carbons (Fsp3) is 0.0357. The van der Waals surface area contributed by atoms with E-state index in [1.165, 1.54) is 18.2 Å². The number of benzene rings is 4. The Morgan fingerprint density at radius 2 is 1.49 bits per heavy atom. The lowest BCUT2D eigenvalue weighted by atomic mass is 9.93. The van der Waals surface area contributed by atoms with Gasteiger partial charge in [0, 0.05) is 16.1 Å². The van der Waals surface area contributed by atoms with Crippen LogP contribution in [0.15, 0.2) is 100 Å². The van der Waals surface area contributed by atoms with Crippen molar-refractivity contribution < 1.29 is 19.1 Å². The number of carbonyl (C=O) groups is 2. The third-order valence-electron chi connectivity index (χ3n) is 5.81. The molecule has 2 N–H and O–H groups in total. The molecule has 172 valence electrons.